The third-order valence-corrected chi connectivity index (χ3v) is 5.30. The number of hydroxylamine groups is 1. The number of carboxylic acid groups (broad SMARTS) is 1. The Kier molecular flexibility index (Phi) is 11.2. The van der Waals surface area contributed by atoms with E-state index < -0.39 is 29.9 Å². The van der Waals surface area contributed by atoms with Gasteiger partial charge in [-0.1, -0.05) is 51.0 Å². The second kappa shape index (κ2) is 14.1. The average molecular weight is 471 g/mol. The molecule has 0 saturated heterocycles. The van der Waals surface area contributed by atoms with E-state index >= 15 is 0 Å². The average Bonchev–Trinajstić information content (AvgIpc) is 2.85. The summed E-state index contributed by atoms with van der Waals surface area (Å²) in [4.78, 5) is 41.8. The van der Waals surface area contributed by atoms with Crippen molar-refractivity contribution in [1.82, 2.24) is 10.8 Å². The Morgan fingerprint density at radius 3 is 1.91 bits per heavy atom. The van der Waals surface area contributed by atoms with Gasteiger partial charge in [-0.25, -0.2) is 10.3 Å². The number of hydrogen-bond acceptors (Lipinski definition) is 5. The Labute approximate surface area is 200 Å². The molecule has 0 heterocycles. The largest absolute Gasteiger partial charge is 0.478 e. The number of aromatic carboxylic acids is 1. The zero-order chi connectivity index (χ0) is 24.9. The van der Waals surface area contributed by atoms with Gasteiger partial charge in [0.1, 0.15) is 6.04 Å². The first kappa shape index (κ1) is 27.0. The minimum Gasteiger partial charge on any atom is -0.478 e. The minimum atomic E-state index is -0.985. The van der Waals surface area contributed by atoms with Crippen molar-refractivity contribution in [2.45, 2.75) is 58.6 Å². The number of carbonyl (C=O) groups is 3. The first-order valence-electron chi connectivity index (χ1n) is 11.6. The Hall–Kier alpha value is -3.23. The molecule has 0 spiro atoms. The van der Waals surface area contributed by atoms with Crippen LogP contribution in [0, 0.1) is 0 Å². The summed E-state index contributed by atoms with van der Waals surface area (Å²) in [5.41, 5.74) is 4.67. The molecule has 2 aromatic rings. The molecule has 2 atom stereocenters. The first-order valence-corrected chi connectivity index (χ1v) is 11.6. The minimum absolute atomic E-state index is 0.206. The topological polar surface area (TPSA) is 114 Å². The molecule has 0 unspecified atom stereocenters. The van der Waals surface area contributed by atoms with Crippen molar-refractivity contribution in [3.05, 3.63) is 59.7 Å². The van der Waals surface area contributed by atoms with Gasteiger partial charge in [-0.3, -0.25) is 14.4 Å². The number of amides is 2. The SMILES string of the molecule is CCCCONC(=O)[C@@H](NC(=O)c1ccc(-c2ccc(C(=O)O)cc2)cc1)[C@@H](C)OCCCC. The molecule has 184 valence electrons. The summed E-state index contributed by atoms with van der Waals surface area (Å²) >= 11 is 0. The van der Waals surface area contributed by atoms with Gasteiger partial charge in [0, 0.05) is 12.2 Å². The maximum Gasteiger partial charge on any atom is 0.335 e. The van der Waals surface area contributed by atoms with Crippen LogP contribution in [0.3, 0.4) is 0 Å². The van der Waals surface area contributed by atoms with Crippen LogP contribution in [0.15, 0.2) is 48.5 Å². The van der Waals surface area contributed by atoms with Crippen LogP contribution in [-0.2, 0) is 14.4 Å². The fraction of sp³-hybridized carbons (Fsp3) is 0.423. The molecule has 8 nitrogen and oxygen atoms in total. The zero-order valence-corrected chi connectivity index (χ0v) is 20.0. The van der Waals surface area contributed by atoms with E-state index in [1.807, 2.05) is 13.8 Å². The van der Waals surface area contributed by atoms with E-state index in [2.05, 4.69) is 10.8 Å². The van der Waals surface area contributed by atoms with Gasteiger partial charge < -0.3 is 15.2 Å². The summed E-state index contributed by atoms with van der Waals surface area (Å²) in [6.45, 7) is 6.70. The normalized spacial score (nSPS) is 12.6. The van der Waals surface area contributed by atoms with Crippen LogP contribution in [0.1, 0.15) is 67.2 Å². The van der Waals surface area contributed by atoms with Gasteiger partial charge in [-0.15, -0.1) is 0 Å². The standard InChI is InChI=1S/C26H34N2O6/c1-4-6-16-33-18(3)23(25(30)28-34-17-7-5-2)27-24(29)21-12-8-19(9-13-21)20-10-14-22(15-11-20)26(31)32/h8-15,18,23H,4-7,16-17H2,1-3H3,(H,27,29)(H,28,30)(H,31,32)/t18-,23+/m1/s1. The van der Waals surface area contributed by atoms with Crippen molar-refractivity contribution < 1.29 is 29.1 Å². The smallest absolute Gasteiger partial charge is 0.335 e. The Morgan fingerprint density at radius 1 is 0.853 bits per heavy atom. The number of carboxylic acids is 1. The molecule has 0 aliphatic rings. The second-order valence-corrected chi connectivity index (χ2v) is 8.01. The lowest BCUT2D eigenvalue weighted by Gasteiger charge is -2.24. The monoisotopic (exact) mass is 470 g/mol. The van der Waals surface area contributed by atoms with Crippen molar-refractivity contribution in [3.8, 4) is 11.1 Å². The van der Waals surface area contributed by atoms with Crippen LogP contribution in [0.25, 0.3) is 11.1 Å². The van der Waals surface area contributed by atoms with Gasteiger partial charge in [0.2, 0.25) is 0 Å². The maximum absolute atomic E-state index is 12.9. The Morgan fingerprint density at radius 2 is 1.38 bits per heavy atom. The van der Waals surface area contributed by atoms with E-state index in [0.29, 0.717) is 18.8 Å². The number of carbonyl (C=O) groups excluding carboxylic acids is 2. The summed E-state index contributed by atoms with van der Waals surface area (Å²) in [6, 6.07) is 12.4. The van der Waals surface area contributed by atoms with Gasteiger partial charge in [0.15, 0.2) is 0 Å². The van der Waals surface area contributed by atoms with Crippen molar-refractivity contribution in [1.29, 1.82) is 0 Å². The molecule has 0 bridgehead atoms. The molecular weight excluding hydrogens is 436 g/mol. The van der Waals surface area contributed by atoms with E-state index in [9.17, 15) is 14.4 Å². The molecule has 8 heteroatoms. The fourth-order valence-corrected chi connectivity index (χ4v) is 3.15. The number of ether oxygens (including phenoxy) is 1. The van der Waals surface area contributed by atoms with E-state index in [0.717, 1.165) is 36.8 Å². The van der Waals surface area contributed by atoms with Crippen molar-refractivity contribution in [3.63, 3.8) is 0 Å². The predicted molar refractivity (Wildman–Crippen MR) is 129 cm³/mol. The molecule has 0 radical (unpaired) electrons. The van der Waals surface area contributed by atoms with E-state index in [1.165, 1.54) is 12.1 Å². The molecule has 0 aliphatic heterocycles. The third-order valence-electron chi connectivity index (χ3n) is 5.30. The molecule has 0 fully saturated rings. The number of rotatable bonds is 14. The van der Waals surface area contributed by atoms with Crippen LogP contribution in [0.5, 0.6) is 0 Å². The highest BCUT2D eigenvalue weighted by atomic mass is 16.7. The van der Waals surface area contributed by atoms with E-state index in [-0.39, 0.29) is 5.56 Å². The van der Waals surface area contributed by atoms with E-state index in [4.69, 9.17) is 14.7 Å². The molecule has 2 amide bonds. The molecule has 34 heavy (non-hydrogen) atoms. The molecular formula is C26H34N2O6. The maximum atomic E-state index is 12.9. The van der Waals surface area contributed by atoms with Gasteiger partial charge in [0.05, 0.1) is 18.3 Å². The summed E-state index contributed by atoms with van der Waals surface area (Å²) in [5.74, 6) is -1.86. The summed E-state index contributed by atoms with van der Waals surface area (Å²) in [5, 5.41) is 11.8. The second-order valence-electron chi connectivity index (χ2n) is 8.01. The number of unbranched alkanes of at least 4 members (excludes halogenated alkanes) is 2. The third kappa shape index (κ3) is 8.28. The molecule has 2 aromatic carbocycles. The van der Waals surface area contributed by atoms with Crippen LogP contribution in [0.4, 0.5) is 0 Å². The van der Waals surface area contributed by atoms with Crippen molar-refractivity contribution in [2.75, 3.05) is 13.2 Å². The van der Waals surface area contributed by atoms with E-state index in [1.54, 1.807) is 43.3 Å². The molecule has 3 N–H and O–H groups in total. The molecule has 0 aliphatic carbocycles. The number of nitrogens with one attached hydrogen (secondary N) is 2. The van der Waals surface area contributed by atoms with Crippen LogP contribution in [-0.4, -0.2) is 48.2 Å². The lowest BCUT2D eigenvalue weighted by atomic mass is 10.0. The highest BCUT2D eigenvalue weighted by Crippen LogP contribution is 2.20. The first-order chi connectivity index (χ1) is 16.4. The Balaban J connectivity index is 2.08. The van der Waals surface area contributed by atoms with Crippen LogP contribution < -0.4 is 10.8 Å². The summed E-state index contributed by atoms with van der Waals surface area (Å²) < 4.78 is 5.76. The summed E-state index contributed by atoms with van der Waals surface area (Å²) in [7, 11) is 0. The summed E-state index contributed by atoms with van der Waals surface area (Å²) in [6.07, 6.45) is 3.02. The zero-order valence-electron chi connectivity index (χ0n) is 20.0. The number of hydrogen-bond donors (Lipinski definition) is 3. The highest BCUT2D eigenvalue weighted by molar-refractivity contribution is 5.98. The van der Waals surface area contributed by atoms with Gasteiger partial charge in [0.25, 0.3) is 11.8 Å². The number of benzene rings is 2. The van der Waals surface area contributed by atoms with Crippen LogP contribution >= 0.6 is 0 Å². The van der Waals surface area contributed by atoms with Crippen molar-refractivity contribution in [2.24, 2.45) is 0 Å². The lowest BCUT2D eigenvalue weighted by molar-refractivity contribution is -0.139. The van der Waals surface area contributed by atoms with Gasteiger partial charge in [-0.05, 0) is 55.2 Å². The highest BCUT2D eigenvalue weighted by Gasteiger charge is 2.28. The fourth-order valence-electron chi connectivity index (χ4n) is 3.15. The lowest BCUT2D eigenvalue weighted by Crippen LogP contribution is -2.53. The molecule has 0 saturated carbocycles. The molecule has 2 rings (SSSR count). The van der Waals surface area contributed by atoms with Crippen LogP contribution in [0.2, 0.25) is 0 Å². The quantitative estimate of drug-likeness (QED) is 0.282. The predicted octanol–water partition coefficient (Wildman–Crippen LogP) is 4.20. The Bertz CT molecular complexity index is 927. The van der Waals surface area contributed by atoms with Gasteiger partial charge in [-0.2, -0.15) is 0 Å². The van der Waals surface area contributed by atoms with Crippen molar-refractivity contribution >= 4 is 17.8 Å². The van der Waals surface area contributed by atoms with Gasteiger partial charge >= 0.3 is 5.97 Å². The molecule has 0 aromatic heterocycles.